The van der Waals surface area contributed by atoms with Gasteiger partial charge in [0.25, 0.3) is 5.91 Å². The fraction of sp³-hybridized carbons (Fsp3) is 0.316. The van der Waals surface area contributed by atoms with Crippen LogP contribution in [0.4, 0.5) is 0 Å². The van der Waals surface area contributed by atoms with E-state index in [0.717, 1.165) is 5.52 Å². The molecular weight excluding hydrogens is 378 g/mol. The Morgan fingerprint density at radius 2 is 2.10 bits per heavy atom. The van der Waals surface area contributed by atoms with E-state index in [2.05, 4.69) is 15.6 Å². The summed E-state index contributed by atoms with van der Waals surface area (Å²) in [6, 6.07) is 8.33. The summed E-state index contributed by atoms with van der Waals surface area (Å²) >= 11 is 0. The Morgan fingerprint density at radius 3 is 2.83 bits per heavy atom. The third-order valence-electron chi connectivity index (χ3n) is 4.22. The van der Waals surface area contributed by atoms with E-state index in [1.54, 1.807) is 35.0 Å². The predicted molar refractivity (Wildman–Crippen MR) is 102 cm³/mol. The van der Waals surface area contributed by atoms with E-state index in [0.29, 0.717) is 17.8 Å². The molecule has 0 unspecified atom stereocenters. The smallest absolute Gasteiger partial charge is 0.338 e. The summed E-state index contributed by atoms with van der Waals surface area (Å²) in [7, 11) is 1.46. The van der Waals surface area contributed by atoms with Gasteiger partial charge >= 0.3 is 5.97 Å². The maximum Gasteiger partial charge on any atom is 0.338 e. The van der Waals surface area contributed by atoms with Crippen molar-refractivity contribution in [1.82, 2.24) is 25.2 Å². The van der Waals surface area contributed by atoms with Crippen LogP contribution in [0.5, 0.6) is 0 Å². The van der Waals surface area contributed by atoms with Crippen molar-refractivity contribution in [3.05, 3.63) is 47.9 Å². The molecular formula is C19H21N5O5. The van der Waals surface area contributed by atoms with Crippen LogP contribution < -0.4 is 5.32 Å². The van der Waals surface area contributed by atoms with Crippen LogP contribution in [0.1, 0.15) is 23.0 Å². The number of fused-ring (bicyclic) bond motifs is 1. The summed E-state index contributed by atoms with van der Waals surface area (Å²) in [6.07, 6.45) is 1.51. The molecule has 0 saturated heterocycles. The summed E-state index contributed by atoms with van der Waals surface area (Å²) < 4.78 is 11.9. The van der Waals surface area contributed by atoms with Crippen molar-refractivity contribution < 1.29 is 23.5 Å². The Hall–Kier alpha value is -3.69. The van der Waals surface area contributed by atoms with Crippen LogP contribution in [0.25, 0.3) is 11.0 Å². The van der Waals surface area contributed by atoms with Gasteiger partial charge in [-0.25, -0.2) is 9.48 Å². The van der Waals surface area contributed by atoms with Gasteiger partial charge in [-0.05, 0) is 37.3 Å². The zero-order valence-electron chi connectivity index (χ0n) is 16.1. The molecule has 0 atom stereocenters. The second-order valence-electron chi connectivity index (χ2n) is 6.29. The first-order chi connectivity index (χ1) is 14.0. The minimum atomic E-state index is -0.651. The van der Waals surface area contributed by atoms with E-state index < -0.39 is 18.5 Å². The van der Waals surface area contributed by atoms with Crippen LogP contribution in [0.3, 0.4) is 0 Å². The number of benzene rings is 1. The van der Waals surface area contributed by atoms with Gasteiger partial charge in [0.05, 0.1) is 30.4 Å². The molecule has 0 aliphatic heterocycles. The number of likely N-dealkylation sites (N-methyl/N-ethyl adjacent to an activating group) is 1. The lowest BCUT2D eigenvalue weighted by atomic mass is 10.2. The van der Waals surface area contributed by atoms with Gasteiger partial charge in [-0.3, -0.25) is 9.59 Å². The van der Waals surface area contributed by atoms with Crippen LogP contribution >= 0.6 is 0 Å². The van der Waals surface area contributed by atoms with Gasteiger partial charge in [0, 0.05) is 13.6 Å². The number of aromatic nitrogens is 3. The lowest BCUT2D eigenvalue weighted by Gasteiger charge is -2.16. The van der Waals surface area contributed by atoms with Crippen molar-refractivity contribution in [1.29, 1.82) is 0 Å². The van der Waals surface area contributed by atoms with Crippen molar-refractivity contribution >= 4 is 28.8 Å². The van der Waals surface area contributed by atoms with E-state index in [9.17, 15) is 14.4 Å². The number of rotatable bonds is 8. The lowest BCUT2D eigenvalue weighted by molar-refractivity contribution is -0.137. The minimum absolute atomic E-state index is 0.164. The highest BCUT2D eigenvalue weighted by Crippen LogP contribution is 2.14. The Balaban J connectivity index is 1.47. The Labute approximate surface area is 166 Å². The van der Waals surface area contributed by atoms with Gasteiger partial charge in [-0.1, -0.05) is 5.21 Å². The fourth-order valence-corrected chi connectivity index (χ4v) is 2.61. The van der Waals surface area contributed by atoms with Gasteiger partial charge in [0.2, 0.25) is 5.91 Å². The van der Waals surface area contributed by atoms with Gasteiger partial charge in [0.1, 0.15) is 11.3 Å². The second kappa shape index (κ2) is 9.00. The topological polar surface area (TPSA) is 120 Å². The average molecular weight is 399 g/mol. The molecule has 0 bridgehead atoms. The first kappa shape index (κ1) is 20.1. The van der Waals surface area contributed by atoms with Crippen molar-refractivity contribution in [2.45, 2.75) is 20.0 Å². The van der Waals surface area contributed by atoms with Crippen molar-refractivity contribution in [3.63, 3.8) is 0 Å². The average Bonchev–Trinajstić information content (AvgIpc) is 3.38. The maximum atomic E-state index is 12.2. The van der Waals surface area contributed by atoms with Crippen molar-refractivity contribution in [3.8, 4) is 0 Å². The second-order valence-corrected chi connectivity index (χ2v) is 6.29. The van der Waals surface area contributed by atoms with Crippen molar-refractivity contribution in [2.75, 3.05) is 20.2 Å². The minimum Gasteiger partial charge on any atom is -0.467 e. The molecule has 0 aliphatic rings. The van der Waals surface area contributed by atoms with Crippen molar-refractivity contribution in [2.24, 2.45) is 0 Å². The summed E-state index contributed by atoms with van der Waals surface area (Å²) in [5.74, 6) is -0.892. The molecule has 10 heteroatoms. The molecule has 29 heavy (non-hydrogen) atoms. The van der Waals surface area contributed by atoms with Gasteiger partial charge in [0.15, 0.2) is 6.61 Å². The molecule has 0 spiro atoms. The molecule has 1 N–H and O–H groups in total. The lowest BCUT2D eigenvalue weighted by Crippen LogP contribution is -2.39. The molecule has 2 aromatic heterocycles. The Kier molecular flexibility index (Phi) is 6.22. The molecule has 3 rings (SSSR count). The maximum absolute atomic E-state index is 12.2. The summed E-state index contributed by atoms with van der Waals surface area (Å²) in [5, 5.41) is 10.6. The molecule has 3 aromatic rings. The van der Waals surface area contributed by atoms with Crippen LogP contribution in [0.2, 0.25) is 0 Å². The third kappa shape index (κ3) is 4.98. The largest absolute Gasteiger partial charge is 0.467 e. The highest BCUT2D eigenvalue weighted by molar-refractivity contribution is 5.95. The first-order valence-electron chi connectivity index (χ1n) is 9.01. The third-order valence-corrected chi connectivity index (χ3v) is 4.22. The van der Waals surface area contributed by atoms with E-state index in [-0.39, 0.29) is 24.6 Å². The number of nitrogens with zero attached hydrogens (tertiary/aromatic N) is 4. The normalized spacial score (nSPS) is 10.7. The molecule has 0 aliphatic carbocycles. The number of amides is 2. The predicted octanol–water partition coefficient (Wildman–Crippen LogP) is 0.976. The Bertz CT molecular complexity index is 1010. The van der Waals surface area contributed by atoms with Crippen LogP contribution in [0, 0.1) is 0 Å². The number of aryl methyl sites for hydroxylation is 1. The first-order valence-corrected chi connectivity index (χ1v) is 9.01. The molecule has 0 saturated carbocycles. The Morgan fingerprint density at radius 1 is 1.28 bits per heavy atom. The number of nitrogens with one attached hydrogen (secondary N) is 1. The van der Waals surface area contributed by atoms with Crippen LogP contribution in [-0.4, -0.2) is 57.9 Å². The molecule has 2 heterocycles. The monoisotopic (exact) mass is 399 g/mol. The number of hydrogen-bond acceptors (Lipinski definition) is 7. The molecule has 0 fully saturated rings. The van der Waals surface area contributed by atoms with E-state index in [1.165, 1.54) is 18.2 Å². The van der Waals surface area contributed by atoms with E-state index >= 15 is 0 Å². The zero-order valence-corrected chi connectivity index (χ0v) is 16.1. The van der Waals surface area contributed by atoms with Gasteiger partial charge < -0.3 is 19.4 Å². The quantitative estimate of drug-likeness (QED) is 0.561. The highest BCUT2D eigenvalue weighted by Gasteiger charge is 2.17. The summed E-state index contributed by atoms with van der Waals surface area (Å²) in [4.78, 5) is 37.4. The van der Waals surface area contributed by atoms with E-state index in [1.807, 2.05) is 6.92 Å². The SMILES string of the molecule is CCn1nnc2cc(C(=O)OCC(=O)N(C)CC(=O)NCc3ccco3)ccc21. The number of carbonyl (C=O) groups is 3. The number of ether oxygens (including phenoxy) is 1. The van der Waals surface area contributed by atoms with Gasteiger partial charge in [-0.2, -0.15) is 0 Å². The molecule has 2 amide bonds. The number of carbonyl (C=O) groups excluding carboxylic acids is 3. The van der Waals surface area contributed by atoms with E-state index in [4.69, 9.17) is 9.15 Å². The summed E-state index contributed by atoms with van der Waals surface area (Å²) in [6.45, 7) is 2.20. The summed E-state index contributed by atoms with van der Waals surface area (Å²) in [5.41, 5.74) is 1.64. The number of hydrogen-bond donors (Lipinski definition) is 1. The molecule has 0 radical (unpaired) electrons. The number of esters is 1. The van der Waals surface area contributed by atoms with Crippen LogP contribution in [-0.2, 0) is 27.4 Å². The fourth-order valence-electron chi connectivity index (χ4n) is 2.61. The zero-order chi connectivity index (χ0) is 20.8. The molecule has 10 nitrogen and oxygen atoms in total. The highest BCUT2D eigenvalue weighted by atomic mass is 16.5. The number of furan rings is 1. The molecule has 1 aromatic carbocycles. The molecule has 152 valence electrons. The standard InChI is InChI=1S/C19H21N5O5/c1-3-24-16-7-6-13(9-15(16)21-22-24)19(27)29-12-18(26)23(2)11-17(25)20-10-14-5-4-8-28-14/h4-9H,3,10-12H2,1-2H3,(H,20,25). The van der Waals surface area contributed by atoms with Crippen LogP contribution in [0.15, 0.2) is 41.0 Å². The van der Waals surface area contributed by atoms with Gasteiger partial charge in [-0.15, -0.1) is 5.10 Å².